The van der Waals surface area contributed by atoms with Gasteiger partial charge in [-0.05, 0) is 67.1 Å². The molecule has 116 valence electrons. The van der Waals surface area contributed by atoms with Crippen molar-refractivity contribution >= 4 is 5.69 Å². The van der Waals surface area contributed by atoms with Crippen LogP contribution in [0.5, 0.6) is 5.75 Å². The molecule has 1 aliphatic rings. The van der Waals surface area contributed by atoms with Crippen molar-refractivity contribution in [1.29, 1.82) is 0 Å². The number of anilines is 1. The predicted molar refractivity (Wildman–Crippen MR) is 91.4 cm³/mol. The molecule has 0 bridgehead atoms. The highest BCUT2D eigenvalue weighted by Crippen LogP contribution is 2.26. The Kier molecular flexibility index (Phi) is 4.64. The third kappa shape index (κ3) is 3.42. The minimum absolute atomic E-state index is 0.555. The summed E-state index contributed by atoms with van der Waals surface area (Å²) >= 11 is 0. The van der Waals surface area contributed by atoms with Gasteiger partial charge in [0.05, 0.1) is 7.11 Å². The molecule has 0 heterocycles. The fraction of sp³-hybridized carbons (Fsp3) is 0.368. The minimum Gasteiger partial charge on any atom is -0.497 e. The van der Waals surface area contributed by atoms with E-state index in [0.29, 0.717) is 6.04 Å². The van der Waals surface area contributed by atoms with Crippen molar-refractivity contribution in [3.63, 3.8) is 0 Å². The Bertz CT molecular complexity index is 639. The topological polar surface area (TPSA) is 47.3 Å². The molecule has 0 spiro atoms. The number of nitrogen functional groups attached to an aromatic ring is 1. The Morgan fingerprint density at radius 1 is 1.23 bits per heavy atom. The van der Waals surface area contributed by atoms with Gasteiger partial charge in [-0.2, -0.15) is 0 Å². The Balaban J connectivity index is 1.53. The molecule has 0 aromatic heterocycles. The van der Waals surface area contributed by atoms with Crippen LogP contribution in [0.3, 0.4) is 0 Å². The van der Waals surface area contributed by atoms with Crippen LogP contribution in [0.15, 0.2) is 42.5 Å². The van der Waals surface area contributed by atoms with Crippen molar-refractivity contribution in [2.75, 3.05) is 19.4 Å². The normalized spacial score (nSPS) is 17.0. The molecule has 3 N–H and O–H groups in total. The van der Waals surface area contributed by atoms with Crippen molar-refractivity contribution in [3.8, 4) is 5.75 Å². The molecule has 0 aliphatic heterocycles. The van der Waals surface area contributed by atoms with E-state index in [9.17, 15) is 0 Å². The Morgan fingerprint density at radius 2 is 2.09 bits per heavy atom. The SMILES string of the molecule is COc1cccc(CCNC2CCc3c(N)cccc3C2)c1. The number of fused-ring (bicyclic) bond motifs is 1. The van der Waals surface area contributed by atoms with Gasteiger partial charge in [0.1, 0.15) is 5.75 Å². The van der Waals surface area contributed by atoms with Crippen molar-refractivity contribution in [1.82, 2.24) is 5.32 Å². The van der Waals surface area contributed by atoms with Gasteiger partial charge in [0.25, 0.3) is 0 Å². The number of ether oxygens (including phenoxy) is 1. The van der Waals surface area contributed by atoms with Gasteiger partial charge in [-0.15, -0.1) is 0 Å². The maximum Gasteiger partial charge on any atom is 0.119 e. The molecule has 0 saturated heterocycles. The largest absolute Gasteiger partial charge is 0.497 e. The van der Waals surface area contributed by atoms with Gasteiger partial charge in [-0.3, -0.25) is 0 Å². The van der Waals surface area contributed by atoms with Crippen LogP contribution in [-0.2, 0) is 19.3 Å². The lowest BCUT2D eigenvalue weighted by Gasteiger charge is -2.26. The van der Waals surface area contributed by atoms with Crippen LogP contribution in [0, 0.1) is 0 Å². The summed E-state index contributed by atoms with van der Waals surface area (Å²) in [4.78, 5) is 0. The predicted octanol–water partition coefficient (Wildman–Crippen LogP) is 2.97. The molecule has 1 aliphatic carbocycles. The third-order valence-corrected chi connectivity index (χ3v) is 4.50. The lowest BCUT2D eigenvalue weighted by Crippen LogP contribution is -2.36. The highest BCUT2D eigenvalue weighted by Gasteiger charge is 2.19. The summed E-state index contributed by atoms with van der Waals surface area (Å²) in [5.41, 5.74) is 11.1. The standard InChI is InChI=1S/C19H24N2O/c1-22-17-6-2-4-14(12-17)10-11-21-16-8-9-18-15(13-16)5-3-7-19(18)20/h2-7,12,16,21H,8-11,13,20H2,1H3. The summed E-state index contributed by atoms with van der Waals surface area (Å²) in [5, 5.41) is 3.69. The molecule has 3 heteroatoms. The molecular weight excluding hydrogens is 272 g/mol. The van der Waals surface area contributed by atoms with E-state index in [1.165, 1.54) is 23.1 Å². The summed E-state index contributed by atoms with van der Waals surface area (Å²) in [6.07, 6.45) is 4.36. The summed E-state index contributed by atoms with van der Waals surface area (Å²) in [5.74, 6) is 0.930. The van der Waals surface area contributed by atoms with E-state index in [1.54, 1.807) is 7.11 Å². The van der Waals surface area contributed by atoms with Crippen LogP contribution >= 0.6 is 0 Å². The zero-order chi connectivity index (χ0) is 15.4. The quantitative estimate of drug-likeness (QED) is 0.834. The molecule has 1 unspecified atom stereocenters. The zero-order valence-corrected chi connectivity index (χ0v) is 13.1. The van der Waals surface area contributed by atoms with Crippen LogP contribution in [0.2, 0.25) is 0 Å². The van der Waals surface area contributed by atoms with E-state index in [0.717, 1.165) is 37.2 Å². The molecule has 0 amide bonds. The lowest BCUT2D eigenvalue weighted by molar-refractivity contribution is 0.414. The van der Waals surface area contributed by atoms with E-state index < -0.39 is 0 Å². The summed E-state index contributed by atoms with van der Waals surface area (Å²) in [6, 6.07) is 15.1. The van der Waals surface area contributed by atoms with Crippen molar-refractivity contribution < 1.29 is 4.74 Å². The monoisotopic (exact) mass is 296 g/mol. The molecular formula is C19H24N2O. The number of methoxy groups -OCH3 is 1. The van der Waals surface area contributed by atoms with Crippen molar-refractivity contribution in [3.05, 3.63) is 59.2 Å². The number of hydrogen-bond donors (Lipinski definition) is 2. The van der Waals surface area contributed by atoms with E-state index in [2.05, 4.69) is 29.6 Å². The van der Waals surface area contributed by atoms with Gasteiger partial charge in [0.15, 0.2) is 0 Å². The Hall–Kier alpha value is -2.00. The number of rotatable bonds is 5. The van der Waals surface area contributed by atoms with E-state index in [4.69, 9.17) is 10.5 Å². The first-order valence-corrected chi connectivity index (χ1v) is 7.99. The fourth-order valence-electron chi connectivity index (χ4n) is 3.26. The van der Waals surface area contributed by atoms with Gasteiger partial charge < -0.3 is 15.8 Å². The van der Waals surface area contributed by atoms with Crippen molar-refractivity contribution in [2.45, 2.75) is 31.7 Å². The van der Waals surface area contributed by atoms with Crippen LogP contribution in [-0.4, -0.2) is 19.7 Å². The minimum atomic E-state index is 0.555. The maximum atomic E-state index is 6.06. The van der Waals surface area contributed by atoms with Gasteiger partial charge in [0.2, 0.25) is 0 Å². The molecule has 1 atom stereocenters. The Morgan fingerprint density at radius 3 is 2.95 bits per heavy atom. The highest BCUT2D eigenvalue weighted by molar-refractivity contribution is 5.52. The highest BCUT2D eigenvalue weighted by atomic mass is 16.5. The average molecular weight is 296 g/mol. The second-order valence-corrected chi connectivity index (χ2v) is 5.98. The van der Waals surface area contributed by atoms with Crippen molar-refractivity contribution in [2.24, 2.45) is 0 Å². The first kappa shape index (κ1) is 14.9. The molecule has 3 rings (SSSR count). The van der Waals surface area contributed by atoms with E-state index >= 15 is 0 Å². The van der Waals surface area contributed by atoms with E-state index in [1.807, 2.05) is 18.2 Å². The van der Waals surface area contributed by atoms with Gasteiger partial charge in [0, 0.05) is 11.7 Å². The van der Waals surface area contributed by atoms with Gasteiger partial charge in [-0.1, -0.05) is 24.3 Å². The second kappa shape index (κ2) is 6.84. The maximum absolute atomic E-state index is 6.06. The molecule has 3 nitrogen and oxygen atoms in total. The summed E-state index contributed by atoms with van der Waals surface area (Å²) in [7, 11) is 1.71. The van der Waals surface area contributed by atoms with Gasteiger partial charge in [-0.25, -0.2) is 0 Å². The fourth-order valence-corrected chi connectivity index (χ4v) is 3.26. The zero-order valence-electron chi connectivity index (χ0n) is 13.1. The van der Waals surface area contributed by atoms with Gasteiger partial charge >= 0.3 is 0 Å². The molecule has 2 aromatic rings. The smallest absolute Gasteiger partial charge is 0.119 e. The third-order valence-electron chi connectivity index (χ3n) is 4.50. The molecule has 0 radical (unpaired) electrons. The van der Waals surface area contributed by atoms with E-state index in [-0.39, 0.29) is 0 Å². The summed E-state index contributed by atoms with van der Waals surface area (Å²) < 4.78 is 5.27. The number of benzene rings is 2. The Labute approximate surface area is 132 Å². The first-order valence-electron chi connectivity index (χ1n) is 7.99. The second-order valence-electron chi connectivity index (χ2n) is 5.98. The number of nitrogens with one attached hydrogen (secondary N) is 1. The first-order chi connectivity index (χ1) is 10.8. The average Bonchev–Trinajstić information content (AvgIpc) is 2.55. The molecule has 0 fully saturated rings. The molecule has 2 aromatic carbocycles. The molecule has 0 saturated carbocycles. The number of nitrogens with two attached hydrogens (primary N) is 1. The number of hydrogen-bond acceptors (Lipinski definition) is 3. The summed E-state index contributed by atoms with van der Waals surface area (Å²) in [6.45, 7) is 0.996. The molecule has 22 heavy (non-hydrogen) atoms. The lowest BCUT2D eigenvalue weighted by atomic mass is 9.87. The van der Waals surface area contributed by atoms with Crippen LogP contribution in [0.1, 0.15) is 23.1 Å². The van der Waals surface area contributed by atoms with Crippen LogP contribution in [0.25, 0.3) is 0 Å². The van der Waals surface area contributed by atoms with Crippen LogP contribution in [0.4, 0.5) is 5.69 Å². The van der Waals surface area contributed by atoms with Crippen LogP contribution < -0.4 is 15.8 Å².